The first kappa shape index (κ1) is 13.3. The lowest BCUT2D eigenvalue weighted by atomic mass is 10.2. The molecular formula is C13H19N3OS. The summed E-state index contributed by atoms with van der Waals surface area (Å²) in [4.78, 5) is 4.66. The summed E-state index contributed by atoms with van der Waals surface area (Å²) in [5, 5.41) is 11.9. The zero-order chi connectivity index (χ0) is 12.8. The van der Waals surface area contributed by atoms with Crippen LogP contribution in [0.1, 0.15) is 0 Å². The number of hydrogen-bond acceptors (Lipinski definition) is 4. The number of benzene rings is 1. The van der Waals surface area contributed by atoms with Crippen LogP contribution in [0, 0.1) is 0 Å². The topological polar surface area (TPSA) is 38.7 Å². The van der Waals surface area contributed by atoms with Crippen molar-refractivity contribution in [3.8, 4) is 0 Å². The largest absolute Gasteiger partial charge is 0.395 e. The molecule has 0 unspecified atom stereocenters. The van der Waals surface area contributed by atoms with E-state index in [9.17, 15) is 0 Å². The Morgan fingerprint density at radius 2 is 1.83 bits per heavy atom. The first-order valence-electron chi connectivity index (χ1n) is 6.22. The van der Waals surface area contributed by atoms with Gasteiger partial charge in [0, 0.05) is 44.1 Å². The molecule has 1 aromatic carbocycles. The molecular weight excluding hydrogens is 246 g/mol. The molecule has 4 nitrogen and oxygen atoms in total. The zero-order valence-corrected chi connectivity index (χ0v) is 11.2. The van der Waals surface area contributed by atoms with Crippen molar-refractivity contribution < 1.29 is 5.11 Å². The van der Waals surface area contributed by atoms with Gasteiger partial charge in [-0.05, 0) is 24.3 Å². The quantitative estimate of drug-likeness (QED) is 0.782. The second-order valence-electron chi connectivity index (χ2n) is 4.36. The van der Waals surface area contributed by atoms with E-state index in [0.717, 1.165) is 38.4 Å². The Morgan fingerprint density at radius 1 is 1.17 bits per heavy atom. The molecule has 1 fully saturated rings. The molecule has 0 aromatic heterocycles. The van der Waals surface area contributed by atoms with E-state index in [1.165, 1.54) is 11.2 Å². The van der Waals surface area contributed by atoms with Crippen LogP contribution in [0.2, 0.25) is 0 Å². The van der Waals surface area contributed by atoms with Crippen LogP contribution < -0.4 is 10.2 Å². The van der Waals surface area contributed by atoms with Crippen molar-refractivity contribution in [3.63, 3.8) is 0 Å². The van der Waals surface area contributed by atoms with Gasteiger partial charge >= 0.3 is 0 Å². The summed E-state index contributed by atoms with van der Waals surface area (Å²) >= 11 is 4.76. The summed E-state index contributed by atoms with van der Waals surface area (Å²) in [6, 6.07) is 8.31. The average Bonchev–Trinajstić information content (AvgIpc) is 2.41. The SMILES string of the molecule is OCCN1CCN(c2ccc(NC=S)cc2)CC1. The van der Waals surface area contributed by atoms with Gasteiger partial charge in [-0.25, -0.2) is 0 Å². The molecule has 1 aliphatic heterocycles. The summed E-state index contributed by atoms with van der Waals surface area (Å²) in [6.45, 7) is 5.09. The highest BCUT2D eigenvalue weighted by Gasteiger charge is 2.16. The van der Waals surface area contributed by atoms with Gasteiger partial charge in [-0.3, -0.25) is 4.90 Å². The number of rotatable bonds is 5. The molecule has 0 amide bonds. The predicted molar refractivity (Wildman–Crippen MR) is 79.5 cm³/mol. The summed E-state index contributed by atoms with van der Waals surface area (Å²) in [5.41, 5.74) is 3.78. The van der Waals surface area contributed by atoms with Crippen molar-refractivity contribution in [2.24, 2.45) is 0 Å². The molecule has 1 saturated heterocycles. The van der Waals surface area contributed by atoms with Crippen molar-refractivity contribution in [1.29, 1.82) is 0 Å². The van der Waals surface area contributed by atoms with Gasteiger partial charge in [0.05, 0.1) is 12.1 Å². The van der Waals surface area contributed by atoms with Gasteiger partial charge in [0.15, 0.2) is 0 Å². The predicted octanol–water partition coefficient (Wildman–Crippen LogP) is 1.17. The highest BCUT2D eigenvalue weighted by molar-refractivity contribution is 7.79. The van der Waals surface area contributed by atoms with Gasteiger partial charge in [0.1, 0.15) is 0 Å². The molecule has 0 radical (unpaired) electrons. The fourth-order valence-corrected chi connectivity index (χ4v) is 2.34. The third-order valence-corrected chi connectivity index (χ3v) is 3.36. The number of nitrogens with zero attached hydrogens (tertiary/aromatic N) is 2. The number of β-amino-alcohol motifs (C(OH)–C–C–N with tert-alkyl or cyclic N) is 1. The first-order chi connectivity index (χ1) is 8.83. The van der Waals surface area contributed by atoms with E-state index in [-0.39, 0.29) is 6.61 Å². The summed E-state index contributed by atoms with van der Waals surface area (Å²) in [7, 11) is 0. The molecule has 5 heteroatoms. The lowest BCUT2D eigenvalue weighted by Crippen LogP contribution is -2.47. The van der Waals surface area contributed by atoms with E-state index < -0.39 is 0 Å². The minimum atomic E-state index is 0.248. The first-order valence-corrected chi connectivity index (χ1v) is 6.69. The summed E-state index contributed by atoms with van der Waals surface area (Å²) in [5.74, 6) is 0. The van der Waals surface area contributed by atoms with Gasteiger partial charge in [0.25, 0.3) is 0 Å². The summed E-state index contributed by atoms with van der Waals surface area (Å²) < 4.78 is 0. The maximum absolute atomic E-state index is 8.91. The lowest BCUT2D eigenvalue weighted by molar-refractivity contribution is 0.189. The average molecular weight is 265 g/mol. The van der Waals surface area contributed by atoms with Gasteiger partial charge in [-0.1, -0.05) is 12.2 Å². The van der Waals surface area contributed by atoms with Crippen molar-refractivity contribution in [3.05, 3.63) is 24.3 Å². The molecule has 18 heavy (non-hydrogen) atoms. The normalized spacial score (nSPS) is 16.6. The molecule has 1 aliphatic rings. The fourth-order valence-electron chi connectivity index (χ4n) is 2.21. The summed E-state index contributed by atoms with van der Waals surface area (Å²) in [6.07, 6.45) is 0. The van der Waals surface area contributed by atoms with E-state index in [0.29, 0.717) is 0 Å². The van der Waals surface area contributed by atoms with E-state index in [4.69, 9.17) is 17.3 Å². The highest BCUT2D eigenvalue weighted by atomic mass is 32.1. The molecule has 0 bridgehead atoms. The van der Waals surface area contributed by atoms with Crippen LogP contribution in [0.15, 0.2) is 24.3 Å². The van der Waals surface area contributed by atoms with Crippen molar-refractivity contribution in [1.82, 2.24) is 4.90 Å². The van der Waals surface area contributed by atoms with Crippen molar-refractivity contribution in [2.75, 3.05) is 49.5 Å². The van der Waals surface area contributed by atoms with Crippen LogP contribution in [0.3, 0.4) is 0 Å². The Kier molecular flexibility index (Phi) is 4.92. The van der Waals surface area contributed by atoms with E-state index in [1.807, 2.05) is 12.1 Å². The standard InChI is InChI=1S/C13H19N3OS/c17-10-9-15-5-7-16(8-6-15)13-3-1-12(2-4-13)14-11-18/h1-4,11,17H,5-10H2,(H,14,18). The third-order valence-electron chi connectivity index (χ3n) is 3.25. The zero-order valence-electron chi connectivity index (χ0n) is 10.4. The molecule has 2 rings (SSSR count). The number of aliphatic hydroxyl groups excluding tert-OH is 1. The maximum Gasteiger partial charge on any atom is 0.0658 e. The number of nitrogens with one attached hydrogen (secondary N) is 1. The van der Waals surface area contributed by atoms with Gasteiger partial charge in [0.2, 0.25) is 0 Å². The lowest BCUT2D eigenvalue weighted by Gasteiger charge is -2.35. The van der Waals surface area contributed by atoms with E-state index in [2.05, 4.69) is 27.2 Å². The second-order valence-corrected chi connectivity index (χ2v) is 4.60. The number of thiocarbonyl (C=S) groups is 1. The molecule has 1 aromatic rings. The third kappa shape index (κ3) is 3.41. The van der Waals surface area contributed by atoms with Crippen LogP contribution in [0.25, 0.3) is 0 Å². The maximum atomic E-state index is 8.91. The molecule has 0 saturated carbocycles. The molecule has 1 heterocycles. The Morgan fingerprint density at radius 3 is 2.39 bits per heavy atom. The Balaban J connectivity index is 1.90. The highest BCUT2D eigenvalue weighted by Crippen LogP contribution is 2.19. The smallest absolute Gasteiger partial charge is 0.0658 e. The molecule has 0 atom stereocenters. The molecule has 2 N–H and O–H groups in total. The van der Waals surface area contributed by atoms with Crippen LogP contribution in [-0.2, 0) is 0 Å². The Bertz CT molecular complexity index is 374. The fraction of sp³-hybridized carbons (Fsp3) is 0.462. The van der Waals surface area contributed by atoms with Crippen molar-refractivity contribution in [2.45, 2.75) is 0 Å². The number of piperazine rings is 1. The van der Waals surface area contributed by atoms with Crippen LogP contribution in [-0.4, -0.2) is 54.8 Å². The van der Waals surface area contributed by atoms with E-state index in [1.54, 1.807) is 0 Å². The van der Waals surface area contributed by atoms with Crippen LogP contribution in [0.5, 0.6) is 0 Å². The van der Waals surface area contributed by atoms with E-state index >= 15 is 0 Å². The minimum absolute atomic E-state index is 0.248. The number of anilines is 2. The molecule has 0 spiro atoms. The van der Waals surface area contributed by atoms with Gasteiger partial charge < -0.3 is 15.3 Å². The van der Waals surface area contributed by atoms with Crippen molar-refractivity contribution >= 4 is 29.1 Å². The Hall–Kier alpha value is -1.17. The Labute approximate surface area is 113 Å². The minimum Gasteiger partial charge on any atom is -0.395 e. The van der Waals surface area contributed by atoms with Crippen LogP contribution >= 0.6 is 12.2 Å². The van der Waals surface area contributed by atoms with Gasteiger partial charge in [-0.2, -0.15) is 0 Å². The van der Waals surface area contributed by atoms with Gasteiger partial charge in [-0.15, -0.1) is 0 Å². The second kappa shape index (κ2) is 6.68. The number of aliphatic hydroxyl groups is 1. The molecule has 98 valence electrons. The number of hydrogen-bond donors (Lipinski definition) is 2. The molecule has 0 aliphatic carbocycles. The van der Waals surface area contributed by atoms with Crippen LogP contribution in [0.4, 0.5) is 11.4 Å². The monoisotopic (exact) mass is 265 g/mol.